The van der Waals surface area contributed by atoms with Crippen LogP contribution in [0.2, 0.25) is 5.02 Å². The maximum atomic E-state index is 6.28. The second-order valence-electron chi connectivity index (χ2n) is 5.01. The van der Waals surface area contributed by atoms with Crippen LogP contribution in [0.1, 0.15) is 30.5 Å². The lowest BCUT2D eigenvalue weighted by Crippen LogP contribution is -2.24. The van der Waals surface area contributed by atoms with Crippen molar-refractivity contribution in [1.82, 2.24) is 5.32 Å². The Labute approximate surface area is 153 Å². The van der Waals surface area contributed by atoms with Crippen LogP contribution in [0.15, 0.2) is 46.9 Å². The molecule has 0 saturated carbocycles. The molecule has 4 heteroatoms. The van der Waals surface area contributed by atoms with Gasteiger partial charge < -0.3 is 5.32 Å². The summed E-state index contributed by atoms with van der Waals surface area (Å²) in [5.41, 5.74) is 2.56. The number of nitrogens with one attached hydrogen (secondary N) is 1. The number of halogens is 3. The maximum absolute atomic E-state index is 6.28. The average molecular weight is 479 g/mol. The van der Waals surface area contributed by atoms with Crippen molar-refractivity contribution in [2.75, 3.05) is 6.54 Å². The van der Waals surface area contributed by atoms with Gasteiger partial charge in [0.05, 0.1) is 5.02 Å². The predicted molar refractivity (Wildman–Crippen MR) is 103 cm³/mol. The molecule has 21 heavy (non-hydrogen) atoms. The summed E-state index contributed by atoms with van der Waals surface area (Å²) in [4.78, 5) is 0. The Bertz CT molecular complexity index is 603. The number of hydrogen-bond donors (Lipinski definition) is 1. The van der Waals surface area contributed by atoms with Gasteiger partial charge in [0.25, 0.3) is 0 Å². The van der Waals surface area contributed by atoms with Gasteiger partial charge in [0.15, 0.2) is 0 Å². The maximum Gasteiger partial charge on any atom is 0.0542 e. The molecular weight excluding hydrogens is 460 g/mol. The topological polar surface area (TPSA) is 12.0 Å². The Morgan fingerprint density at radius 3 is 2.71 bits per heavy atom. The number of hydrogen-bond acceptors (Lipinski definition) is 1. The Morgan fingerprint density at radius 2 is 2.05 bits per heavy atom. The molecule has 0 aromatic heterocycles. The fraction of sp³-hybridized carbons (Fsp3) is 0.294. The molecule has 0 amide bonds. The van der Waals surface area contributed by atoms with Crippen molar-refractivity contribution in [2.45, 2.75) is 25.8 Å². The van der Waals surface area contributed by atoms with Crippen LogP contribution in [0.5, 0.6) is 0 Å². The van der Waals surface area contributed by atoms with E-state index in [0.717, 1.165) is 32.5 Å². The number of rotatable bonds is 6. The summed E-state index contributed by atoms with van der Waals surface area (Å²) in [5, 5.41) is 4.45. The standard InChI is InChI=1S/C17H18BrClIN/c1-2-8-21-17(10-12-4-3-5-14(18)9-12)13-6-7-16(20)15(19)11-13/h3-7,9,11,17,21H,2,8,10H2,1H3. The molecule has 0 saturated heterocycles. The summed E-state index contributed by atoms with van der Waals surface area (Å²) < 4.78 is 2.21. The molecule has 0 radical (unpaired) electrons. The van der Waals surface area contributed by atoms with Gasteiger partial charge in [-0.3, -0.25) is 0 Å². The van der Waals surface area contributed by atoms with Crippen molar-refractivity contribution in [2.24, 2.45) is 0 Å². The van der Waals surface area contributed by atoms with E-state index in [-0.39, 0.29) is 6.04 Å². The Hall–Kier alpha value is -0.100. The lowest BCUT2D eigenvalue weighted by Gasteiger charge is -2.20. The van der Waals surface area contributed by atoms with E-state index in [9.17, 15) is 0 Å². The van der Waals surface area contributed by atoms with Crippen molar-refractivity contribution in [3.8, 4) is 0 Å². The van der Waals surface area contributed by atoms with E-state index in [1.54, 1.807) is 0 Å². The van der Waals surface area contributed by atoms with Gasteiger partial charge in [0.1, 0.15) is 0 Å². The second kappa shape index (κ2) is 8.51. The highest BCUT2D eigenvalue weighted by Crippen LogP contribution is 2.26. The zero-order valence-electron chi connectivity index (χ0n) is 11.9. The molecule has 0 aliphatic rings. The van der Waals surface area contributed by atoms with E-state index >= 15 is 0 Å². The molecule has 0 heterocycles. The predicted octanol–water partition coefficient (Wildman–Crippen LogP) is 5.99. The lowest BCUT2D eigenvalue weighted by atomic mass is 9.99. The van der Waals surface area contributed by atoms with Crippen molar-refractivity contribution < 1.29 is 0 Å². The van der Waals surface area contributed by atoms with Crippen molar-refractivity contribution in [1.29, 1.82) is 0 Å². The van der Waals surface area contributed by atoms with E-state index in [4.69, 9.17) is 11.6 Å². The molecule has 0 bridgehead atoms. The fourth-order valence-corrected chi connectivity index (χ4v) is 3.23. The van der Waals surface area contributed by atoms with Gasteiger partial charge in [-0.1, -0.05) is 52.7 Å². The summed E-state index contributed by atoms with van der Waals surface area (Å²) in [6.45, 7) is 3.19. The first kappa shape index (κ1) is 17.3. The van der Waals surface area contributed by atoms with Gasteiger partial charge in [0.2, 0.25) is 0 Å². The molecule has 2 aromatic rings. The highest BCUT2D eigenvalue weighted by Gasteiger charge is 2.13. The molecule has 0 fully saturated rings. The van der Waals surface area contributed by atoms with Crippen molar-refractivity contribution in [3.05, 3.63) is 66.7 Å². The lowest BCUT2D eigenvalue weighted by molar-refractivity contribution is 0.529. The summed E-state index contributed by atoms with van der Waals surface area (Å²) in [5.74, 6) is 0. The highest BCUT2D eigenvalue weighted by atomic mass is 127. The minimum absolute atomic E-state index is 0.286. The number of benzene rings is 2. The van der Waals surface area contributed by atoms with Crippen molar-refractivity contribution >= 4 is 50.1 Å². The van der Waals surface area contributed by atoms with Crippen LogP contribution in [0.25, 0.3) is 0 Å². The molecule has 2 aromatic carbocycles. The van der Waals surface area contributed by atoms with Crippen LogP contribution in [0.3, 0.4) is 0 Å². The van der Waals surface area contributed by atoms with Crippen LogP contribution in [-0.2, 0) is 6.42 Å². The third-order valence-electron chi connectivity index (χ3n) is 3.32. The summed E-state index contributed by atoms with van der Waals surface area (Å²) in [6, 6.07) is 15.1. The largest absolute Gasteiger partial charge is 0.310 e. The minimum atomic E-state index is 0.286. The van der Waals surface area contributed by atoms with E-state index < -0.39 is 0 Å². The van der Waals surface area contributed by atoms with E-state index in [1.165, 1.54) is 11.1 Å². The Kier molecular flexibility index (Phi) is 6.99. The van der Waals surface area contributed by atoms with E-state index in [0.29, 0.717) is 0 Å². The molecule has 2 rings (SSSR count). The normalized spacial score (nSPS) is 12.4. The quantitative estimate of drug-likeness (QED) is 0.503. The van der Waals surface area contributed by atoms with Crippen molar-refractivity contribution in [3.63, 3.8) is 0 Å². The molecule has 112 valence electrons. The third kappa shape index (κ3) is 5.23. The van der Waals surface area contributed by atoms with Gasteiger partial charge >= 0.3 is 0 Å². The van der Waals surface area contributed by atoms with Crippen LogP contribution < -0.4 is 5.32 Å². The summed E-state index contributed by atoms with van der Waals surface area (Å²) in [6.07, 6.45) is 2.07. The monoisotopic (exact) mass is 477 g/mol. The SMILES string of the molecule is CCCNC(Cc1cccc(Br)c1)c1ccc(I)c(Cl)c1. The van der Waals surface area contributed by atoms with Gasteiger partial charge in [-0.25, -0.2) is 0 Å². The molecular formula is C17H18BrClIN. The summed E-state index contributed by atoms with van der Waals surface area (Å²) in [7, 11) is 0. The molecule has 1 atom stereocenters. The van der Waals surface area contributed by atoms with Crippen LogP contribution in [-0.4, -0.2) is 6.54 Å². The van der Waals surface area contributed by atoms with Gasteiger partial charge in [-0.2, -0.15) is 0 Å². The van der Waals surface area contributed by atoms with Crippen LogP contribution in [0.4, 0.5) is 0 Å². The first-order valence-electron chi connectivity index (χ1n) is 7.03. The zero-order valence-corrected chi connectivity index (χ0v) is 16.4. The second-order valence-corrected chi connectivity index (χ2v) is 7.50. The van der Waals surface area contributed by atoms with Gasteiger partial charge in [-0.05, 0) is 77.4 Å². The molecule has 0 spiro atoms. The Balaban J connectivity index is 2.22. The zero-order chi connectivity index (χ0) is 15.2. The molecule has 0 aliphatic carbocycles. The van der Waals surface area contributed by atoms with E-state index in [1.807, 2.05) is 0 Å². The third-order valence-corrected chi connectivity index (χ3v) is 5.38. The molecule has 1 nitrogen and oxygen atoms in total. The summed E-state index contributed by atoms with van der Waals surface area (Å²) >= 11 is 12.1. The molecule has 1 unspecified atom stereocenters. The highest BCUT2D eigenvalue weighted by molar-refractivity contribution is 14.1. The van der Waals surface area contributed by atoms with Gasteiger partial charge in [0, 0.05) is 14.1 Å². The van der Waals surface area contributed by atoms with Crippen LogP contribution >= 0.6 is 50.1 Å². The minimum Gasteiger partial charge on any atom is -0.310 e. The average Bonchev–Trinajstić information content (AvgIpc) is 2.46. The Morgan fingerprint density at radius 1 is 1.24 bits per heavy atom. The molecule has 1 N–H and O–H groups in total. The first-order chi connectivity index (χ1) is 10.1. The van der Waals surface area contributed by atoms with E-state index in [2.05, 4.69) is 93.2 Å². The van der Waals surface area contributed by atoms with Gasteiger partial charge in [-0.15, -0.1) is 0 Å². The molecule has 0 aliphatic heterocycles. The van der Waals surface area contributed by atoms with Crippen LogP contribution in [0, 0.1) is 3.57 Å². The first-order valence-corrected chi connectivity index (χ1v) is 9.28. The fourth-order valence-electron chi connectivity index (χ4n) is 2.26. The smallest absolute Gasteiger partial charge is 0.0542 e.